The van der Waals surface area contributed by atoms with Crippen molar-refractivity contribution in [3.05, 3.63) is 24.3 Å². The van der Waals surface area contributed by atoms with Gasteiger partial charge in [-0.3, -0.25) is 0 Å². The summed E-state index contributed by atoms with van der Waals surface area (Å²) in [4.78, 5) is 22.6. The number of hydrogen-bond donors (Lipinski definition) is 4. The molecule has 0 fully saturated rings. The van der Waals surface area contributed by atoms with E-state index in [9.17, 15) is 23.1 Å². The number of hydrogen-bond acceptors (Lipinski definition) is 5. The highest BCUT2D eigenvalue weighted by atomic mass is 32.2. The first-order chi connectivity index (χ1) is 11.5. The number of benzene rings is 1. The van der Waals surface area contributed by atoms with Gasteiger partial charge in [0.05, 0.1) is 11.4 Å². The Labute approximate surface area is 146 Å². The van der Waals surface area contributed by atoms with Gasteiger partial charge in [0.2, 0.25) is 10.0 Å². The van der Waals surface area contributed by atoms with Gasteiger partial charge in [0.25, 0.3) is 0 Å². The van der Waals surface area contributed by atoms with E-state index in [0.717, 1.165) is 6.92 Å². The average molecular weight is 373 g/mol. The SMILES string of the molecule is CCN(CC)S(=O)(=O)c1ccc(NC(=O)NCC(C)(O)C(=O)O)cc1. The fourth-order valence-electron chi connectivity index (χ4n) is 1.93. The largest absolute Gasteiger partial charge is 0.479 e. The van der Waals surface area contributed by atoms with Crippen molar-refractivity contribution in [2.24, 2.45) is 0 Å². The number of nitrogens with zero attached hydrogens (tertiary/aromatic N) is 1. The first-order valence-corrected chi connectivity index (χ1v) is 9.09. The second-order valence-electron chi connectivity index (χ2n) is 5.50. The van der Waals surface area contributed by atoms with E-state index in [1.165, 1.54) is 28.6 Å². The Balaban J connectivity index is 2.75. The first kappa shape index (κ1) is 20.9. The number of urea groups is 1. The smallest absolute Gasteiger partial charge is 0.337 e. The summed E-state index contributed by atoms with van der Waals surface area (Å²) in [6.45, 7) is 4.77. The van der Waals surface area contributed by atoms with E-state index in [-0.39, 0.29) is 4.90 Å². The maximum Gasteiger partial charge on any atom is 0.337 e. The summed E-state index contributed by atoms with van der Waals surface area (Å²) in [5.41, 5.74) is -1.76. The van der Waals surface area contributed by atoms with Crippen LogP contribution >= 0.6 is 0 Å². The third kappa shape index (κ3) is 5.41. The molecule has 140 valence electrons. The van der Waals surface area contributed by atoms with Crippen molar-refractivity contribution in [3.63, 3.8) is 0 Å². The van der Waals surface area contributed by atoms with Gasteiger partial charge in [-0.05, 0) is 31.2 Å². The van der Waals surface area contributed by atoms with Gasteiger partial charge < -0.3 is 20.8 Å². The van der Waals surface area contributed by atoms with Crippen LogP contribution in [0.25, 0.3) is 0 Å². The van der Waals surface area contributed by atoms with Gasteiger partial charge in [0, 0.05) is 18.8 Å². The van der Waals surface area contributed by atoms with Crippen LogP contribution in [0.3, 0.4) is 0 Å². The van der Waals surface area contributed by atoms with Gasteiger partial charge in [0.1, 0.15) is 0 Å². The monoisotopic (exact) mass is 373 g/mol. The number of amides is 2. The van der Waals surface area contributed by atoms with Gasteiger partial charge in [-0.1, -0.05) is 13.8 Å². The van der Waals surface area contributed by atoms with E-state index in [1.807, 2.05) is 0 Å². The van der Waals surface area contributed by atoms with E-state index in [2.05, 4.69) is 10.6 Å². The summed E-state index contributed by atoms with van der Waals surface area (Å²) < 4.78 is 26.0. The van der Waals surface area contributed by atoms with E-state index in [0.29, 0.717) is 18.8 Å². The lowest BCUT2D eigenvalue weighted by Gasteiger charge is -2.19. The maximum atomic E-state index is 12.3. The van der Waals surface area contributed by atoms with Crippen LogP contribution in [0.5, 0.6) is 0 Å². The fraction of sp³-hybridized carbons (Fsp3) is 0.467. The standard InChI is InChI=1S/C15H23N3O6S/c1-4-18(5-2)25(23,24)12-8-6-11(7-9-12)17-14(21)16-10-15(3,22)13(19)20/h6-9,22H,4-5,10H2,1-3H3,(H,19,20)(H2,16,17,21). The zero-order chi connectivity index (χ0) is 19.3. The molecule has 1 aromatic rings. The van der Waals surface area contributed by atoms with Crippen molar-refractivity contribution in [1.29, 1.82) is 0 Å². The maximum absolute atomic E-state index is 12.3. The molecule has 0 saturated carbocycles. The molecule has 9 nitrogen and oxygen atoms in total. The summed E-state index contributed by atoms with van der Waals surface area (Å²) in [7, 11) is -3.58. The molecule has 1 rings (SSSR count). The molecule has 10 heteroatoms. The molecule has 0 radical (unpaired) electrons. The number of carbonyl (C=O) groups is 2. The van der Waals surface area contributed by atoms with Crippen LogP contribution in [0.1, 0.15) is 20.8 Å². The number of nitrogens with one attached hydrogen (secondary N) is 2. The first-order valence-electron chi connectivity index (χ1n) is 7.65. The van der Waals surface area contributed by atoms with Gasteiger partial charge >= 0.3 is 12.0 Å². The van der Waals surface area contributed by atoms with E-state index < -0.39 is 34.2 Å². The number of carboxylic acids is 1. The predicted molar refractivity (Wildman–Crippen MR) is 91.8 cm³/mol. The summed E-state index contributed by atoms with van der Waals surface area (Å²) in [5.74, 6) is -1.46. The Hall–Kier alpha value is -2.17. The van der Waals surface area contributed by atoms with Crippen LogP contribution in [-0.4, -0.2) is 60.2 Å². The molecule has 0 spiro atoms. The van der Waals surface area contributed by atoms with Crippen LogP contribution in [0.2, 0.25) is 0 Å². The molecule has 25 heavy (non-hydrogen) atoms. The summed E-state index contributed by atoms with van der Waals surface area (Å²) >= 11 is 0. The molecule has 0 heterocycles. The lowest BCUT2D eigenvalue weighted by Crippen LogP contribution is -2.47. The van der Waals surface area contributed by atoms with Crippen LogP contribution < -0.4 is 10.6 Å². The minimum absolute atomic E-state index is 0.107. The van der Waals surface area contributed by atoms with Crippen molar-refractivity contribution in [2.45, 2.75) is 31.3 Å². The molecule has 1 unspecified atom stereocenters. The van der Waals surface area contributed by atoms with E-state index in [4.69, 9.17) is 5.11 Å². The Kier molecular flexibility index (Phi) is 6.91. The van der Waals surface area contributed by atoms with Crippen LogP contribution in [0.15, 0.2) is 29.2 Å². The number of aliphatic hydroxyl groups is 1. The molecular weight excluding hydrogens is 350 g/mol. The molecule has 0 saturated heterocycles. The quantitative estimate of drug-likeness (QED) is 0.529. The van der Waals surface area contributed by atoms with E-state index >= 15 is 0 Å². The minimum Gasteiger partial charge on any atom is -0.479 e. The normalized spacial score (nSPS) is 14.0. The highest BCUT2D eigenvalue weighted by Crippen LogP contribution is 2.18. The van der Waals surface area contributed by atoms with Crippen molar-refractivity contribution < 1.29 is 28.2 Å². The summed E-state index contributed by atoms with van der Waals surface area (Å²) in [5, 5.41) is 22.9. The molecule has 0 aliphatic carbocycles. The molecular formula is C15H23N3O6S. The summed E-state index contributed by atoms with van der Waals surface area (Å²) in [6, 6.07) is 4.87. The van der Waals surface area contributed by atoms with E-state index in [1.54, 1.807) is 13.8 Å². The highest BCUT2D eigenvalue weighted by Gasteiger charge is 2.30. The van der Waals surface area contributed by atoms with Gasteiger partial charge in [0.15, 0.2) is 5.60 Å². The second kappa shape index (κ2) is 8.28. The topological polar surface area (TPSA) is 136 Å². The lowest BCUT2D eigenvalue weighted by molar-refractivity contribution is -0.155. The van der Waals surface area contributed by atoms with Crippen molar-refractivity contribution in [1.82, 2.24) is 9.62 Å². The third-order valence-corrected chi connectivity index (χ3v) is 5.57. The number of carbonyl (C=O) groups excluding carboxylic acids is 1. The number of aliphatic carboxylic acids is 1. The van der Waals surface area contributed by atoms with Crippen LogP contribution in [-0.2, 0) is 14.8 Å². The molecule has 0 aromatic heterocycles. The Morgan fingerprint density at radius 2 is 1.68 bits per heavy atom. The van der Waals surface area contributed by atoms with Crippen molar-refractivity contribution in [2.75, 3.05) is 25.0 Å². The van der Waals surface area contributed by atoms with Crippen LogP contribution in [0.4, 0.5) is 10.5 Å². The number of sulfonamides is 1. The fourth-order valence-corrected chi connectivity index (χ4v) is 3.38. The van der Waals surface area contributed by atoms with Crippen LogP contribution in [0, 0.1) is 0 Å². The highest BCUT2D eigenvalue weighted by molar-refractivity contribution is 7.89. The van der Waals surface area contributed by atoms with Gasteiger partial charge in [-0.2, -0.15) is 4.31 Å². The van der Waals surface area contributed by atoms with Gasteiger partial charge in [-0.15, -0.1) is 0 Å². The van der Waals surface area contributed by atoms with Crippen molar-refractivity contribution >= 4 is 27.7 Å². The molecule has 1 aromatic carbocycles. The molecule has 0 bridgehead atoms. The zero-order valence-electron chi connectivity index (χ0n) is 14.3. The second-order valence-corrected chi connectivity index (χ2v) is 7.44. The Morgan fingerprint density at radius 1 is 1.16 bits per heavy atom. The third-order valence-electron chi connectivity index (χ3n) is 3.51. The average Bonchev–Trinajstić information content (AvgIpc) is 2.54. The molecule has 4 N–H and O–H groups in total. The lowest BCUT2D eigenvalue weighted by atomic mass is 10.1. The molecule has 1 atom stereocenters. The number of anilines is 1. The minimum atomic E-state index is -3.58. The number of rotatable bonds is 8. The zero-order valence-corrected chi connectivity index (χ0v) is 15.1. The predicted octanol–water partition coefficient (Wildman–Crippen LogP) is 0.674. The number of carboxylic acid groups (broad SMARTS) is 1. The van der Waals surface area contributed by atoms with Crippen molar-refractivity contribution in [3.8, 4) is 0 Å². The molecule has 2 amide bonds. The Bertz CT molecular complexity index is 711. The Morgan fingerprint density at radius 3 is 2.12 bits per heavy atom. The molecule has 0 aliphatic rings. The summed E-state index contributed by atoms with van der Waals surface area (Å²) in [6.07, 6.45) is 0. The molecule has 0 aliphatic heterocycles. The van der Waals surface area contributed by atoms with Gasteiger partial charge in [-0.25, -0.2) is 18.0 Å².